The monoisotopic (exact) mass is 478 g/mol. The molecule has 0 spiro atoms. The van der Waals surface area contributed by atoms with E-state index in [1.807, 2.05) is 26.0 Å². The van der Waals surface area contributed by atoms with Crippen molar-refractivity contribution >= 4 is 49.0 Å². The van der Waals surface area contributed by atoms with Crippen LogP contribution in [0.4, 0.5) is 11.4 Å². The van der Waals surface area contributed by atoms with Crippen LogP contribution in [-0.2, 0) is 25.8 Å². The molecule has 0 saturated carbocycles. The summed E-state index contributed by atoms with van der Waals surface area (Å²) in [6.07, 6.45) is 0.479. The lowest BCUT2D eigenvalue weighted by Gasteiger charge is -2.20. The van der Waals surface area contributed by atoms with E-state index in [-0.39, 0.29) is 34.9 Å². The number of hydrogen-bond donors (Lipinski definition) is 1. The smallest absolute Gasteiger partial charge is 0.225 e. The first kappa shape index (κ1) is 21.5. The van der Waals surface area contributed by atoms with Crippen molar-refractivity contribution in [3.05, 3.63) is 52.0 Å². The molecule has 0 aliphatic carbocycles. The number of rotatable bonds is 5. The average molecular weight is 479 g/mol. The fraction of sp³-hybridized carbons (Fsp3) is 0.333. The van der Waals surface area contributed by atoms with Gasteiger partial charge in [0.05, 0.1) is 10.6 Å². The zero-order valence-corrected chi connectivity index (χ0v) is 18.9. The van der Waals surface area contributed by atoms with Gasteiger partial charge in [-0.2, -0.15) is 0 Å². The first-order valence-electron chi connectivity index (χ1n) is 9.30. The lowest BCUT2D eigenvalue weighted by molar-refractivity contribution is -0.117. The summed E-state index contributed by atoms with van der Waals surface area (Å²) >= 11 is 3.37. The quantitative estimate of drug-likeness (QED) is 0.706. The highest BCUT2D eigenvalue weighted by molar-refractivity contribution is 9.10. The Morgan fingerprint density at radius 3 is 2.59 bits per heavy atom. The number of nitrogens with one attached hydrogen (secondary N) is 1. The van der Waals surface area contributed by atoms with E-state index in [0.29, 0.717) is 12.1 Å². The van der Waals surface area contributed by atoms with Crippen LogP contribution in [0.5, 0.6) is 0 Å². The fourth-order valence-corrected chi connectivity index (χ4v) is 5.37. The van der Waals surface area contributed by atoms with Gasteiger partial charge in [0.25, 0.3) is 0 Å². The standard InChI is InChI=1S/C21H23BrN2O4S/c1-13-10-17(22)4-6-19(13)23-21(26)8-9-29(27,28)18-5-7-20-16(12-18)11-14(2)24(20)15(3)25/h4-7,10,12,14H,8-9,11H2,1-3H3,(H,23,26)/t14-/m1/s1. The molecule has 0 unspecified atom stereocenters. The van der Waals surface area contributed by atoms with E-state index in [2.05, 4.69) is 21.2 Å². The minimum atomic E-state index is -3.61. The molecule has 3 rings (SSSR count). The van der Waals surface area contributed by atoms with Gasteiger partial charge >= 0.3 is 0 Å². The molecular formula is C21H23BrN2O4S. The predicted molar refractivity (Wildman–Crippen MR) is 117 cm³/mol. The van der Waals surface area contributed by atoms with Crippen LogP contribution in [0.1, 0.15) is 31.4 Å². The third-order valence-corrected chi connectivity index (χ3v) is 7.23. The van der Waals surface area contributed by atoms with E-state index in [1.54, 1.807) is 23.1 Å². The second kappa shape index (κ2) is 8.28. The van der Waals surface area contributed by atoms with E-state index in [1.165, 1.54) is 13.0 Å². The molecular weight excluding hydrogens is 456 g/mol. The number of benzene rings is 2. The number of fused-ring (bicyclic) bond motifs is 1. The van der Waals surface area contributed by atoms with Gasteiger partial charge in [0.15, 0.2) is 9.84 Å². The molecule has 0 bridgehead atoms. The van der Waals surface area contributed by atoms with Crippen molar-refractivity contribution in [2.45, 2.75) is 44.6 Å². The van der Waals surface area contributed by atoms with E-state index >= 15 is 0 Å². The highest BCUT2D eigenvalue weighted by Crippen LogP contribution is 2.34. The summed E-state index contributed by atoms with van der Waals surface area (Å²) in [5, 5.41) is 2.76. The molecule has 29 heavy (non-hydrogen) atoms. The Balaban J connectivity index is 1.69. The van der Waals surface area contributed by atoms with Gasteiger partial charge in [0.2, 0.25) is 11.8 Å². The molecule has 1 atom stereocenters. The maximum absolute atomic E-state index is 12.7. The van der Waals surface area contributed by atoms with Crippen LogP contribution in [0.15, 0.2) is 45.8 Å². The summed E-state index contributed by atoms with van der Waals surface area (Å²) in [4.78, 5) is 25.9. The Morgan fingerprint density at radius 1 is 1.21 bits per heavy atom. The summed E-state index contributed by atoms with van der Waals surface area (Å²) in [6.45, 7) is 5.30. The number of sulfone groups is 1. The van der Waals surface area contributed by atoms with Crippen LogP contribution in [0.3, 0.4) is 0 Å². The molecule has 0 fully saturated rings. The van der Waals surface area contributed by atoms with E-state index in [9.17, 15) is 18.0 Å². The molecule has 6 nitrogen and oxygen atoms in total. The molecule has 1 aliphatic heterocycles. The van der Waals surface area contributed by atoms with Crippen LogP contribution in [-0.4, -0.2) is 32.0 Å². The van der Waals surface area contributed by atoms with Gasteiger partial charge in [-0.1, -0.05) is 15.9 Å². The molecule has 1 aliphatic rings. The number of aryl methyl sites for hydroxylation is 1. The zero-order chi connectivity index (χ0) is 21.3. The number of carbonyl (C=O) groups is 2. The van der Waals surface area contributed by atoms with Crippen LogP contribution in [0.25, 0.3) is 0 Å². The van der Waals surface area contributed by atoms with Gasteiger partial charge in [-0.15, -0.1) is 0 Å². The van der Waals surface area contributed by atoms with Crippen LogP contribution < -0.4 is 10.2 Å². The first-order valence-corrected chi connectivity index (χ1v) is 11.7. The summed E-state index contributed by atoms with van der Waals surface area (Å²) in [5.41, 5.74) is 3.14. The Bertz CT molecular complexity index is 1080. The highest BCUT2D eigenvalue weighted by atomic mass is 79.9. The van der Waals surface area contributed by atoms with Crippen molar-refractivity contribution < 1.29 is 18.0 Å². The van der Waals surface area contributed by atoms with Gasteiger partial charge in [0.1, 0.15) is 0 Å². The Kier molecular flexibility index (Phi) is 6.14. The van der Waals surface area contributed by atoms with Gasteiger partial charge in [0, 0.05) is 35.2 Å². The molecule has 0 saturated heterocycles. The summed E-state index contributed by atoms with van der Waals surface area (Å²) in [5.74, 6) is -0.692. The third-order valence-electron chi connectivity index (χ3n) is 5.03. The molecule has 1 heterocycles. The van der Waals surface area contributed by atoms with E-state index in [0.717, 1.165) is 21.3 Å². The number of amides is 2. The largest absolute Gasteiger partial charge is 0.326 e. The Morgan fingerprint density at radius 2 is 1.93 bits per heavy atom. The van der Waals surface area contributed by atoms with Crippen molar-refractivity contribution in [2.24, 2.45) is 0 Å². The van der Waals surface area contributed by atoms with E-state index in [4.69, 9.17) is 0 Å². The molecule has 1 N–H and O–H groups in total. The third kappa shape index (κ3) is 4.70. The van der Waals surface area contributed by atoms with Crippen molar-refractivity contribution in [1.82, 2.24) is 0 Å². The summed E-state index contributed by atoms with van der Waals surface area (Å²) in [6, 6.07) is 10.3. The molecule has 2 aromatic rings. The second-order valence-corrected chi connectivity index (χ2v) is 10.3. The maximum Gasteiger partial charge on any atom is 0.225 e. The fourth-order valence-electron chi connectivity index (χ4n) is 3.61. The van der Waals surface area contributed by atoms with Crippen LogP contribution >= 0.6 is 15.9 Å². The van der Waals surface area contributed by atoms with Crippen LogP contribution in [0, 0.1) is 6.92 Å². The normalized spacial score (nSPS) is 15.9. The van der Waals surface area contributed by atoms with Gasteiger partial charge in [-0.05, 0) is 67.8 Å². The minimum absolute atomic E-state index is 0.000352. The van der Waals surface area contributed by atoms with Gasteiger partial charge in [-0.3, -0.25) is 9.59 Å². The number of nitrogens with zero attached hydrogens (tertiary/aromatic N) is 1. The van der Waals surface area contributed by atoms with Crippen molar-refractivity contribution in [1.29, 1.82) is 0 Å². The molecule has 0 radical (unpaired) electrons. The second-order valence-electron chi connectivity index (χ2n) is 7.31. The van der Waals surface area contributed by atoms with Crippen molar-refractivity contribution in [3.63, 3.8) is 0 Å². The number of hydrogen-bond acceptors (Lipinski definition) is 4. The average Bonchev–Trinajstić information content (AvgIpc) is 2.97. The van der Waals surface area contributed by atoms with Crippen LogP contribution in [0.2, 0.25) is 0 Å². The Hall–Kier alpha value is -2.19. The maximum atomic E-state index is 12.7. The molecule has 8 heteroatoms. The zero-order valence-electron chi connectivity index (χ0n) is 16.5. The topological polar surface area (TPSA) is 83.6 Å². The Labute approximate surface area is 179 Å². The summed E-state index contributed by atoms with van der Waals surface area (Å²) in [7, 11) is -3.61. The number of carbonyl (C=O) groups excluding carboxylic acids is 2. The molecule has 154 valence electrons. The van der Waals surface area contributed by atoms with E-state index < -0.39 is 9.84 Å². The highest BCUT2D eigenvalue weighted by Gasteiger charge is 2.30. The number of anilines is 2. The summed E-state index contributed by atoms with van der Waals surface area (Å²) < 4.78 is 26.4. The predicted octanol–water partition coefficient (Wildman–Crippen LogP) is 3.86. The molecule has 0 aromatic heterocycles. The lowest BCUT2D eigenvalue weighted by Crippen LogP contribution is -2.33. The lowest BCUT2D eigenvalue weighted by atomic mass is 10.1. The van der Waals surface area contributed by atoms with Crippen molar-refractivity contribution in [3.8, 4) is 0 Å². The molecule has 2 aromatic carbocycles. The molecule has 2 amide bonds. The van der Waals surface area contributed by atoms with Gasteiger partial charge in [-0.25, -0.2) is 8.42 Å². The van der Waals surface area contributed by atoms with Gasteiger partial charge < -0.3 is 10.2 Å². The first-order chi connectivity index (χ1) is 13.6. The minimum Gasteiger partial charge on any atom is -0.326 e. The van der Waals surface area contributed by atoms with Crippen molar-refractivity contribution in [2.75, 3.05) is 16.0 Å². The SMILES string of the molecule is CC(=O)N1c2ccc(S(=O)(=O)CCC(=O)Nc3ccc(Br)cc3C)cc2C[C@H]1C. The number of halogens is 1.